The molecule has 1 N–H and O–H groups in total. The van der Waals surface area contributed by atoms with Crippen LogP contribution < -0.4 is 10.1 Å². The maximum absolute atomic E-state index is 5.78. The number of hydrogen-bond donors (Lipinski definition) is 1. The van der Waals surface area contributed by atoms with Gasteiger partial charge in [-0.3, -0.25) is 0 Å². The largest absolute Gasteiger partial charge is 0.484 e. The molecular formula is C13H17NO. The summed E-state index contributed by atoms with van der Waals surface area (Å²) < 4.78 is 5.78. The van der Waals surface area contributed by atoms with Crippen LogP contribution in [0, 0.1) is 0 Å². The molecule has 1 unspecified atom stereocenters. The minimum absolute atomic E-state index is 0.0558. The predicted molar refractivity (Wildman–Crippen MR) is 63.5 cm³/mol. The van der Waals surface area contributed by atoms with E-state index in [1.54, 1.807) is 0 Å². The standard InChI is InChI=1S/C13H17NO/c1-3-10(2)15-12-8-4-6-11-7-5-9-14-13(11)12/h3-4,6,8,10,14H,1,5,7,9H2,2H3. The van der Waals surface area contributed by atoms with Gasteiger partial charge < -0.3 is 10.1 Å². The Morgan fingerprint density at radius 2 is 2.40 bits per heavy atom. The Morgan fingerprint density at radius 1 is 1.53 bits per heavy atom. The average molecular weight is 203 g/mol. The molecule has 1 atom stereocenters. The lowest BCUT2D eigenvalue weighted by molar-refractivity contribution is 0.271. The van der Waals surface area contributed by atoms with Gasteiger partial charge in [-0.05, 0) is 31.4 Å². The molecule has 1 heterocycles. The van der Waals surface area contributed by atoms with Crippen LogP contribution in [0.2, 0.25) is 0 Å². The van der Waals surface area contributed by atoms with E-state index in [1.807, 2.05) is 19.1 Å². The summed E-state index contributed by atoms with van der Waals surface area (Å²) in [4.78, 5) is 0. The first-order valence-electron chi connectivity index (χ1n) is 5.46. The van der Waals surface area contributed by atoms with Gasteiger partial charge in [0.05, 0.1) is 5.69 Å². The summed E-state index contributed by atoms with van der Waals surface area (Å²) in [7, 11) is 0. The zero-order valence-corrected chi connectivity index (χ0v) is 9.12. The van der Waals surface area contributed by atoms with Crippen LogP contribution >= 0.6 is 0 Å². The lowest BCUT2D eigenvalue weighted by atomic mass is 10.0. The highest BCUT2D eigenvalue weighted by molar-refractivity contribution is 5.63. The van der Waals surface area contributed by atoms with Gasteiger partial charge in [-0.1, -0.05) is 24.8 Å². The van der Waals surface area contributed by atoms with Gasteiger partial charge in [0.1, 0.15) is 11.9 Å². The Hall–Kier alpha value is -1.44. The van der Waals surface area contributed by atoms with Crippen LogP contribution in [-0.2, 0) is 6.42 Å². The Labute approximate surface area is 91.0 Å². The molecule has 80 valence electrons. The molecule has 0 saturated carbocycles. The molecule has 0 aliphatic carbocycles. The molecule has 2 nitrogen and oxygen atoms in total. The Morgan fingerprint density at radius 3 is 3.20 bits per heavy atom. The number of para-hydroxylation sites is 1. The highest BCUT2D eigenvalue weighted by Crippen LogP contribution is 2.32. The minimum Gasteiger partial charge on any atom is -0.484 e. The molecule has 0 saturated heterocycles. The lowest BCUT2D eigenvalue weighted by Gasteiger charge is -2.22. The van der Waals surface area contributed by atoms with Crippen LogP contribution in [0.25, 0.3) is 0 Å². The van der Waals surface area contributed by atoms with Crippen molar-refractivity contribution < 1.29 is 4.74 Å². The molecule has 1 aromatic carbocycles. The minimum atomic E-state index is 0.0558. The molecule has 1 aliphatic heterocycles. The number of aryl methyl sites for hydroxylation is 1. The zero-order chi connectivity index (χ0) is 10.7. The lowest BCUT2D eigenvalue weighted by Crippen LogP contribution is -2.15. The van der Waals surface area contributed by atoms with E-state index in [9.17, 15) is 0 Å². The normalized spacial score (nSPS) is 16.1. The number of rotatable bonds is 3. The fourth-order valence-corrected chi connectivity index (χ4v) is 1.82. The van der Waals surface area contributed by atoms with E-state index < -0.39 is 0 Å². The van der Waals surface area contributed by atoms with Gasteiger partial charge >= 0.3 is 0 Å². The van der Waals surface area contributed by atoms with Gasteiger partial charge in [-0.15, -0.1) is 0 Å². The molecular weight excluding hydrogens is 186 g/mol. The van der Waals surface area contributed by atoms with E-state index >= 15 is 0 Å². The summed E-state index contributed by atoms with van der Waals surface area (Å²) in [6.07, 6.45) is 4.21. The van der Waals surface area contributed by atoms with Crippen LogP contribution in [0.4, 0.5) is 5.69 Å². The Kier molecular flexibility index (Phi) is 2.95. The molecule has 2 rings (SSSR count). The molecule has 0 fully saturated rings. The van der Waals surface area contributed by atoms with Gasteiger partial charge in [0.25, 0.3) is 0 Å². The van der Waals surface area contributed by atoms with Crippen molar-refractivity contribution >= 4 is 5.69 Å². The van der Waals surface area contributed by atoms with Crippen molar-refractivity contribution in [2.75, 3.05) is 11.9 Å². The zero-order valence-electron chi connectivity index (χ0n) is 9.12. The first-order valence-corrected chi connectivity index (χ1v) is 5.46. The number of fused-ring (bicyclic) bond motifs is 1. The second kappa shape index (κ2) is 4.39. The number of anilines is 1. The topological polar surface area (TPSA) is 21.3 Å². The molecule has 0 amide bonds. The summed E-state index contributed by atoms with van der Waals surface area (Å²) in [6, 6.07) is 6.22. The van der Waals surface area contributed by atoms with E-state index in [0.29, 0.717) is 0 Å². The van der Waals surface area contributed by atoms with E-state index in [0.717, 1.165) is 24.4 Å². The van der Waals surface area contributed by atoms with Crippen molar-refractivity contribution in [2.24, 2.45) is 0 Å². The summed E-state index contributed by atoms with van der Waals surface area (Å²) in [5.74, 6) is 0.944. The first kappa shape index (κ1) is 10.1. The summed E-state index contributed by atoms with van der Waals surface area (Å²) in [5.41, 5.74) is 2.52. The van der Waals surface area contributed by atoms with Crippen LogP contribution in [0.5, 0.6) is 5.75 Å². The summed E-state index contributed by atoms with van der Waals surface area (Å²) >= 11 is 0. The average Bonchev–Trinajstić information content (AvgIpc) is 2.29. The Bertz CT molecular complexity index is 360. The molecule has 2 heteroatoms. The second-order valence-corrected chi connectivity index (χ2v) is 3.88. The van der Waals surface area contributed by atoms with E-state index in [4.69, 9.17) is 4.74 Å². The number of ether oxygens (including phenoxy) is 1. The van der Waals surface area contributed by atoms with E-state index in [-0.39, 0.29) is 6.10 Å². The van der Waals surface area contributed by atoms with Crippen LogP contribution in [0.3, 0.4) is 0 Å². The molecule has 1 aromatic rings. The third-order valence-electron chi connectivity index (χ3n) is 2.68. The molecule has 15 heavy (non-hydrogen) atoms. The second-order valence-electron chi connectivity index (χ2n) is 3.88. The highest BCUT2D eigenvalue weighted by Gasteiger charge is 2.13. The summed E-state index contributed by atoms with van der Waals surface area (Å²) in [5, 5.41) is 3.40. The van der Waals surface area contributed by atoms with Crippen molar-refractivity contribution in [2.45, 2.75) is 25.9 Å². The number of hydrogen-bond acceptors (Lipinski definition) is 2. The van der Waals surface area contributed by atoms with Gasteiger partial charge in [0, 0.05) is 6.54 Å². The van der Waals surface area contributed by atoms with Crippen LogP contribution in [-0.4, -0.2) is 12.6 Å². The number of benzene rings is 1. The van der Waals surface area contributed by atoms with Crippen molar-refractivity contribution in [1.29, 1.82) is 0 Å². The molecule has 0 spiro atoms. The summed E-state index contributed by atoms with van der Waals surface area (Å²) in [6.45, 7) is 6.76. The third-order valence-corrected chi connectivity index (χ3v) is 2.68. The molecule has 0 radical (unpaired) electrons. The van der Waals surface area contributed by atoms with Gasteiger partial charge in [-0.2, -0.15) is 0 Å². The highest BCUT2D eigenvalue weighted by atomic mass is 16.5. The smallest absolute Gasteiger partial charge is 0.143 e. The maximum atomic E-state index is 5.78. The Balaban J connectivity index is 2.26. The van der Waals surface area contributed by atoms with Gasteiger partial charge in [-0.25, -0.2) is 0 Å². The fourth-order valence-electron chi connectivity index (χ4n) is 1.82. The third kappa shape index (κ3) is 2.14. The van der Waals surface area contributed by atoms with Crippen molar-refractivity contribution in [3.63, 3.8) is 0 Å². The van der Waals surface area contributed by atoms with Gasteiger partial charge in [0.2, 0.25) is 0 Å². The fraction of sp³-hybridized carbons (Fsp3) is 0.385. The van der Waals surface area contributed by atoms with Crippen molar-refractivity contribution in [3.8, 4) is 5.75 Å². The van der Waals surface area contributed by atoms with Crippen molar-refractivity contribution in [1.82, 2.24) is 0 Å². The quantitative estimate of drug-likeness (QED) is 0.762. The van der Waals surface area contributed by atoms with Crippen molar-refractivity contribution in [3.05, 3.63) is 36.4 Å². The molecule has 1 aliphatic rings. The van der Waals surface area contributed by atoms with Crippen LogP contribution in [0.1, 0.15) is 18.9 Å². The first-order chi connectivity index (χ1) is 7.31. The molecule has 0 bridgehead atoms. The monoisotopic (exact) mass is 203 g/mol. The van der Waals surface area contributed by atoms with Gasteiger partial charge in [0.15, 0.2) is 0 Å². The SMILES string of the molecule is C=CC(C)Oc1cccc2c1NCCC2. The molecule has 0 aromatic heterocycles. The predicted octanol–water partition coefficient (Wildman–Crippen LogP) is 3.00. The van der Waals surface area contributed by atoms with E-state index in [2.05, 4.69) is 24.0 Å². The van der Waals surface area contributed by atoms with Crippen LogP contribution in [0.15, 0.2) is 30.9 Å². The number of nitrogens with one attached hydrogen (secondary N) is 1. The van der Waals surface area contributed by atoms with E-state index in [1.165, 1.54) is 12.0 Å². The maximum Gasteiger partial charge on any atom is 0.143 e.